The normalized spacial score (nSPS) is 13.1. The lowest BCUT2D eigenvalue weighted by atomic mass is 10.2. The van der Waals surface area contributed by atoms with Gasteiger partial charge in [-0.3, -0.25) is 9.59 Å². The summed E-state index contributed by atoms with van der Waals surface area (Å²) in [6.07, 6.45) is 0. The number of hydrogen-bond acceptors (Lipinski definition) is 7. The van der Waals surface area contributed by atoms with Crippen LogP contribution in [0.5, 0.6) is 17.2 Å². The Kier molecular flexibility index (Phi) is 6.58. The molecule has 1 heterocycles. The number of rotatable bonds is 7. The van der Waals surface area contributed by atoms with Crippen LogP contribution < -0.4 is 24.8 Å². The molecule has 0 saturated carbocycles. The lowest BCUT2D eigenvalue weighted by Gasteiger charge is -2.22. The van der Waals surface area contributed by atoms with Crippen molar-refractivity contribution < 1.29 is 32.2 Å². The molecular weight excluding hydrogens is 450 g/mol. The fraction of sp³-hybridized carbons (Fsp3) is 0.263. The quantitative estimate of drug-likeness (QED) is 0.635. The van der Waals surface area contributed by atoms with Crippen LogP contribution in [0.15, 0.2) is 35.2 Å². The number of likely N-dealkylation sites (N-methyl/N-ethyl adjacent to an activating group) is 1. The predicted molar refractivity (Wildman–Crippen MR) is 114 cm³/mol. The molecule has 166 valence electrons. The van der Waals surface area contributed by atoms with Gasteiger partial charge in [0.05, 0.1) is 37.2 Å². The van der Waals surface area contributed by atoms with Crippen molar-refractivity contribution >= 4 is 44.8 Å². The fourth-order valence-corrected chi connectivity index (χ4v) is 4.48. The first-order valence-electron chi connectivity index (χ1n) is 8.90. The van der Waals surface area contributed by atoms with Crippen molar-refractivity contribution in [3.05, 3.63) is 35.4 Å². The molecule has 0 saturated heterocycles. The van der Waals surface area contributed by atoms with Crippen LogP contribution in [0.25, 0.3) is 0 Å². The summed E-state index contributed by atoms with van der Waals surface area (Å²) in [7, 11) is 0.0241. The molecule has 0 unspecified atom stereocenters. The Morgan fingerprint density at radius 2 is 2.00 bits per heavy atom. The van der Waals surface area contributed by atoms with Gasteiger partial charge in [-0.2, -0.15) is 4.31 Å². The zero-order valence-corrected chi connectivity index (χ0v) is 18.5. The maximum absolute atomic E-state index is 13.0. The molecule has 2 aromatic rings. The molecule has 2 aromatic carbocycles. The Hall–Kier alpha value is -3.02. The van der Waals surface area contributed by atoms with Crippen molar-refractivity contribution in [2.45, 2.75) is 4.90 Å². The van der Waals surface area contributed by atoms with Crippen molar-refractivity contribution in [3.8, 4) is 17.2 Å². The molecule has 0 aliphatic carbocycles. The van der Waals surface area contributed by atoms with Crippen molar-refractivity contribution in [3.63, 3.8) is 0 Å². The van der Waals surface area contributed by atoms with Gasteiger partial charge in [0.1, 0.15) is 22.1 Å². The first kappa shape index (κ1) is 22.7. The zero-order valence-electron chi connectivity index (χ0n) is 16.9. The van der Waals surface area contributed by atoms with Crippen LogP contribution in [0.1, 0.15) is 0 Å². The monoisotopic (exact) mass is 469 g/mol. The standard InChI is InChI=1S/C19H20ClN3O7S/c1-23(9-18(24)21-13-6-11(28-2)4-5-15(13)29-3)31(26,27)17-8-16-14(7-12(17)20)22-19(25)10-30-16/h4-8H,9-10H2,1-3H3,(H,21,24)(H,22,25). The summed E-state index contributed by atoms with van der Waals surface area (Å²) in [4.78, 5) is 23.7. The summed E-state index contributed by atoms with van der Waals surface area (Å²) >= 11 is 6.13. The number of nitrogens with zero attached hydrogens (tertiary/aromatic N) is 1. The summed E-state index contributed by atoms with van der Waals surface area (Å²) in [5.41, 5.74) is 0.597. The fourth-order valence-electron chi connectivity index (χ4n) is 2.84. The van der Waals surface area contributed by atoms with Crippen LogP contribution in [0.3, 0.4) is 0 Å². The second-order valence-electron chi connectivity index (χ2n) is 6.49. The summed E-state index contributed by atoms with van der Waals surface area (Å²) in [5.74, 6) is 0.0688. The molecule has 3 rings (SSSR count). The largest absolute Gasteiger partial charge is 0.497 e. The molecule has 2 N–H and O–H groups in total. The van der Waals surface area contributed by atoms with Crippen molar-refractivity contribution in [2.75, 3.05) is 45.1 Å². The van der Waals surface area contributed by atoms with Gasteiger partial charge in [0, 0.05) is 19.2 Å². The van der Waals surface area contributed by atoms with Crippen LogP contribution in [0.4, 0.5) is 11.4 Å². The number of anilines is 2. The molecular formula is C19H20ClN3O7S. The van der Waals surface area contributed by atoms with Crippen molar-refractivity contribution in [2.24, 2.45) is 0 Å². The molecule has 2 amide bonds. The minimum atomic E-state index is -4.14. The first-order chi connectivity index (χ1) is 14.6. The van der Waals surface area contributed by atoms with Gasteiger partial charge in [-0.15, -0.1) is 0 Å². The third-order valence-electron chi connectivity index (χ3n) is 4.40. The van der Waals surface area contributed by atoms with Crippen LogP contribution in [0, 0.1) is 0 Å². The van der Waals surface area contributed by atoms with Gasteiger partial charge in [0.25, 0.3) is 5.91 Å². The van der Waals surface area contributed by atoms with Gasteiger partial charge < -0.3 is 24.8 Å². The Morgan fingerprint density at radius 3 is 2.68 bits per heavy atom. The highest BCUT2D eigenvalue weighted by Crippen LogP contribution is 2.36. The number of halogens is 1. The SMILES string of the molecule is COc1ccc(OC)c(NC(=O)CN(C)S(=O)(=O)c2cc3c(cc2Cl)NC(=O)CO3)c1. The number of methoxy groups -OCH3 is 2. The molecule has 0 atom stereocenters. The molecule has 1 aliphatic heterocycles. The highest BCUT2D eigenvalue weighted by Gasteiger charge is 2.29. The number of hydrogen-bond donors (Lipinski definition) is 2. The highest BCUT2D eigenvalue weighted by molar-refractivity contribution is 7.89. The van der Waals surface area contributed by atoms with Gasteiger partial charge in [0.15, 0.2) is 6.61 Å². The van der Waals surface area contributed by atoms with Crippen LogP contribution in [0.2, 0.25) is 5.02 Å². The topological polar surface area (TPSA) is 123 Å². The third-order valence-corrected chi connectivity index (χ3v) is 6.67. The van der Waals surface area contributed by atoms with Crippen LogP contribution in [-0.4, -0.2) is 59.0 Å². The molecule has 0 fully saturated rings. The molecule has 31 heavy (non-hydrogen) atoms. The lowest BCUT2D eigenvalue weighted by Crippen LogP contribution is -2.35. The second-order valence-corrected chi connectivity index (χ2v) is 8.91. The molecule has 1 aliphatic rings. The maximum atomic E-state index is 13.0. The molecule has 0 aromatic heterocycles. The smallest absolute Gasteiger partial charge is 0.262 e. The predicted octanol–water partition coefficient (Wildman–Crippen LogP) is 1.95. The zero-order chi connectivity index (χ0) is 22.8. The van der Waals surface area contributed by atoms with Crippen LogP contribution in [-0.2, 0) is 19.6 Å². The number of sulfonamides is 1. The van der Waals surface area contributed by atoms with Gasteiger partial charge >= 0.3 is 0 Å². The molecule has 12 heteroatoms. The van der Waals surface area contributed by atoms with E-state index in [1.165, 1.54) is 33.4 Å². The van der Waals surface area contributed by atoms with E-state index in [1.54, 1.807) is 18.2 Å². The molecule has 0 spiro atoms. The van der Waals surface area contributed by atoms with E-state index in [2.05, 4.69) is 10.6 Å². The number of amides is 2. The maximum Gasteiger partial charge on any atom is 0.262 e. The van der Waals surface area contributed by atoms with Gasteiger partial charge in [0.2, 0.25) is 15.9 Å². The first-order valence-corrected chi connectivity index (χ1v) is 10.7. The minimum Gasteiger partial charge on any atom is -0.497 e. The summed E-state index contributed by atoms with van der Waals surface area (Å²) in [6, 6.07) is 7.33. The number of benzene rings is 2. The Balaban J connectivity index is 1.79. The Labute approximate surface area is 184 Å². The van der Waals surface area contributed by atoms with E-state index in [1.807, 2.05) is 0 Å². The van der Waals surface area contributed by atoms with E-state index in [9.17, 15) is 18.0 Å². The van der Waals surface area contributed by atoms with E-state index in [0.29, 0.717) is 17.2 Å². The lowest BCUT2D eigenvalue weighted by molar-refractivity contribution is -0.118. The highest BCUT2D eigenvalue weighted by atomic mass is 35.5. The average molecular weight is 470 g/mol. The van der Waals surface area contributed by atoms with E-state index in [-0.39, 0.29) is 33.9 Å². The Bertz CT molecular complexity index is 1140. The van der Waals surface area contributed by atoms with E-state index in [4.69, 9.17) is 25.8 Å². The molecule has 0 bridgehead atoms. The van der Waals surface area contributed by atoms with E-state index in [0.717, 1.165) is 4.31 Å². The molecule has 0 radical (unpaired) electrons. The van der Waals surface area contributed by atoms with Crippen molar-refractivity contribution in [1.82, 2.24) is 4.31 Å². The summed E-state index contributed by atoms with van der Waals surface area (Å²) < 4.78 is 42.4. The number of fused-ring (bicyclic) bond motifs is 1. The Morgan fingerprint density at radius 1 is 1.26 bits per heavy atom. The number of ether oxygens (including phenoxy) is 3. The minimum absolute atomic E-state index is 0.119. The van der Waals surface area contributed by atoms with Gasteiger partial charge in [-0.25, -0.2) is 8.42 Å². The van der Waals surface area contributed by atoms with Gasteiger partial charge in [-0.05, 0) is 18.2 Å². The van der Waals surface area contributed by atoms with Crippen molar-refractivity contribution in [1.29, 1.82) is 0 Å². The average Bonchev–Trinajstić information content (AvgIpc) is 2.72. The summed E-state index contributed by atoms with van der Waals surface area (Å²) in [5, 5.41) is 5.03. The van der Waals surface area contributed by atoms with E-state index >= 15 is 0 Å². The van der Waals surface area contributed by atoms with Crippen LogP contribution >= 0.6 is 11.6 Å². The summed E-state index contributed by atoms with van der Waals surface area (Å²) in [6.45, 7) is -0.734. The molecule has 10 nitrogen and oxygen atoms in total. The number of carbonyl (C=O) groups excluding carboxylic acids is 2. The number of carbonyl (C=O) groups is 2. The second kappa shape index (κ2) is 9.00. The van der Waals surface area contributed by atoms with E-state index < -0.39 is 22.5 Å². The number of nitrogens with one attached hydrogen (secondary N) is 2. The third kappa shape index (κ3) is 4.84. The van der Waals surface area contributed by atoms with Gasteiger partial charge in [-0.1, -0.05) is 11.6 Å².